The third-order valence-corrected chi connectivity index (χ3v) is 3.02. The highest BCUT2D eigenvalue weighted by Crippen LogP contribution is 2.23. The van der Waals surface area contributed by atoms with Gasteiger partial charge in [-0.1, -0.05) is 0 Å². The van der Waals surface area contributed by atoms with Crippen LogP contribution in [0.25, 0.3) is 0 Å². The molecule has 0 unspecified atom stereocenters. The van der Waals surface area contributed by atoms with E-state index in [1.807, 2.05) is 25.1 Å². The van der Waals surface area contributed by atoms with Crippen LogP contribution in [-0.2, 0) is 6.42 Å². The Morgan fingerprint density at radius 1 is 1.39 bits per heavy atom. The van der Waals surface area contributed by atoms with E-state index < -0.39 is 0 Å². The molecule has 1 aliphatic rings. The van der Waals surface area contributed by atoms with Crippen molar-refractivity contribution in [1.82, 2.24) is 10.2 Å². The fourth-order valence-electron chi connectivity index (χ4n) is 2.12. The van der Waals surface area contributed by atoms with Gasteiger partial charge in [0.05, 0.1) is 0 Å². The average Bonchev–Trinajstić information content (AvgIpc) is 2.96. The molecule has 18 heavy (non-hydrogen) atoms. The van der Waals surface area contributed by atoms with Gasteiger partial charge in [-0.3, -0.25) is 9.89 Å². The number of H-pyrrole nitrogens is 1. The molecule has 1 aliphatic heterocycles. The molecule has 0 saturated carbocycles. The van der Waals surface area contributed by atoms with Gasteiger partial charge in [0.1, 0.15) is 0 Å². The average molecular weight is 242 g/mol. The van der Waals surface area contributed by atoms with Gasteiger partial charge in [0.25, 0.3) is 5.91 Å². The topological polar surface area (TPSA) is 69.8 Å². The number of amides is 1. The van der Waals surface area contributed by atoms with E-state index in [4.69, 9.17) is 0 Å². The molecule has 1 aromatic carbocycles. The smallest absolute Gasteiger partial charge is 0.256 e. The lowest BCUT2D eigenvalue weighted by molar-refractivity contribution is 0.102. The molecule has 92 valence electrons. The zero-order chi connectivity index (χ0) is 12.5. The molecule has 3 N–H and O–H groups in total. The first-order valence-corrected chi connectivity index (χ1v) is 5.92. The molecule has 0 bridgehead atoms. The molecular weight excluding hydrogens is 228 g/mol. The first kappa shape index (κ1) is 10.8. The zero-order valence-corrected chi connectivity index (χ0v) is 10.1. The summed E-state index contributed by atoms with van der Waals surface area (Å²) in [6, 6.07) is 7.51. The number of carbonyl (C=O) groups is 1. The number of nitrogens with zero attached hydrogens (tertiary/aromatic N) is 1. The van der Waals surface area contributed by atoms with Crippen LogP contribution in [0.15, 0.2) is 24.3 Å². The second-order valence-corrected chi connectivity index (χ2v) is 4.44. The minimum atomic E-state index is -0.129. The summed E-state index contributed by atoms with van der Waals surface area (Å²) in [4.78, 5) is 12.0. The molecule has 3 rings (SSSR count). The summed E-state index contributed by atoms with van der Waals surface area (Å²) in [7, 11) is 0. The van der Waals surface area contributed by atoms with Crippen molar-refractivity contribution in [3.63, 3.8) is 0 Å². The molecule has 0 spiro atoms. The Labute approximate surface area is 105 Å². The number of benzene rings is 1. The first-order chi connectivity index (χ1) is 8.72. The van der Waals surface area contributed by atoms with E-state index in [-0.39, 0.29) is 5.91 Å². The molecule has 1 amide bonds. The van der Waals surface area contributed by atoms with Crippen LogP contribution in [0.2, 0.25) is 0 Å². The maximum atomic E-state index is 12.0. The molecule has 0 fully saturated rings. The summed E-state index contributed by atoms with van der Waals surface area (Å²) < 4.78 is 0. The van der Waals surface area contributed by atoms with Gasteiger partial charge in [-0.25, -0.2) is 0 Å². The van der Waals surface area contributed by atoms with E-state index in [0.717, 1.165) is 24.3 Å². The number of rotatable bonds is 2. The normalized spacial score (nSPS) is 12.9. The summed E-state index contributed by atoms with van der Waals surface area (Å²) in [6.07, 6.45) is 0.970. The van der Waals surface area contributed by atoms with Gasteiger partial charge < -0.3 is 10.6 Å². The highest BCUT2D eigenvalue weighted by Gasteiger charge is 2.14. The van der Waals surface area contributed by atoms with Crippen molar-refractivity contribution in [2.75, 3.05) is 17.2 Å². The lowest BCUT2D eigenvalue weighted by Crippen LogP contribution is -2.12. The molecule has 5 heteroatoms. The van der Waals surface area contributed by atoms with Gasteiger partial charge in [-0.05, 0) is 37.1 Å². The molecule has 2 heterocycles. The number of aryl methyl sites for hydroxylation is 1. The van der Waals surface area contributed by atoms with E-state index in [2.05, 4.69) is 20.8 Å². The molecular formula is C13H14N4O. The van der Waals surface area contributed by atoms with Crippen molar-refractivity contribution in [2.45, 2.75) is 13.3 Å². The standard InChI is InChI=1S/C13H14N4O/c1-8-6-12(17-16-8)15-13(18)10-2-3-11-9(7-10)4-5-14-11/h2-3,6-7,14H,4-5H2,1H3,(H2,15,16,17,18). The van der Waals surface area contributed by atoms with Crippen LogP contribution in [0.4, 0.5) is 11.5 Å². The number of hydrogen-bond donors (Lipinski definition) is 3. The fraction of sp³-hybridized carbons (Fsp3) is 0.231. The van der Waals surface area contributed by atoms with Gasteiger partial charge in [0.15, 0.2) is 5.82 Å². The van der Waals surface area contributed by atoms with Crippen molar-refractivity contribution in [1.29, 1.82) is 0 Å². The number of aromatic nitrogens is 2. The van der Waals surface area contributed by atoms with Crippen molar-refractivity contribution in [3.05, 3.63) is 41.1 Å². The maximum Gasteiger partial charge on any atom is 0.256 e. The molecule has 1 aromatic heterocycles. The summed E-state index contributed by atoms with van der Waals surface area (Å²) >= 11 is 0. The Hall–Kier alpha value is -2.30. The summed E-state index contributed by atoms with van der Waals surface area (Å²) in [5.74, 6) is 0.423. The quantitative estimate of drug-likeness (QED) is 0.753. The van der Waals surface area contributed by atoms with Crippen LogP contribution < -0.4 is 10.6 Å². The molecule has 0 aliphatic carbocycles. The van der Waals surface area contributed by atoms with Gasteiger partial charge in [0.2, 0.25) is 0 Å². The first-order valence-electron chi connectivity index (χ1n) is 5.92. The Morgan fingerprint density at radius 3 is 3.06 bits per heavy atom. The predicted octanol–water partition coefficient (Wildman–Crippen LogP) is 1.94. The largest absolute Gasteiger partial charge is 0.384 e. The van der Waals surface area contributed by atoms with Gasteiger partial charge >= 0.3 is 0 Å². The minimum absolute atomic E-state index is 0.129. The minimum Gasteiger partial charge on any atom is -0.384 e. The van der Waals surface area contributed by atoms with Crippen molar-refractivity contribution in [3.8, 4) is 0 Å². The van der Waals surface area contributed by atoms with Crippen LogP contribution in [-0.4, -0.2) is 22.6 Å². The third-order valence-electron chi connectivity index (χ3n) is 3.02. The molecule has 0 radical (unpaired) electrons. The van der Waals surface area contributed by atoms with Crippen LogP contribution in [0.1, 0.15) is 21.6 Å². The zero-order valence-electron chi connectivity index (χ0n) is 10.1. The Morgan fingerprint density at radius 2 is 2.28 bits per heavy atom. The molecule has 0 atom stereocenters. The Bertz CT molecular complexity index is 603. The summed E-state index contributed by atoms with van der Waals surface area (Å²) in [5, 5.41) is 12.8. The fourth-order valence-corrected chi connectivity index (χ4v) is 2.12. The maximum absolute atomic E-state index is 12.0. The summed E-state index contributed by atoms with van der Waals surface area (Å²) in [6.45, 7) is 2.84. The summed E-state index contributed by atoms with van der Waals surface area (Å²) in [5.41, 5.74) is 3.91. The van der Waals surface area contributed by atoms with Crippen molar-refractivity contribution >= 4 is 17.4 Å². The number of aromatic amines is 1. The van der Waals surface area contributed by atoms with E-state index in [1.54, 1.807) is 6.07 Å². The van der Waals surface area contributed by atoms with Crippen molar-refractivity contribution in [2.24, 2.45) is 0 Å². The number of fused-ring (bicyclic) bond motifs is 1. The molecule has 2 aromatic rings. The van der Waals surface area contributed by atoms with E-state index >= 15 is 0 Å². The van der Waals surface area contributed by atoms with E-state index in [0.29, 0.717) is 11.4 Å². The number of nitrogens with one attached hydrogen (secondary N) is 3. The van der Waals surface area contributed by atoms with Crippen LogP contribution in [0.5, 0.6) is 0 Å². The number of anilines is 2. The lowest BCUT2D eigenvalue weighted by atomic mass is 10.1. The predicted molar refractivity (Wildman–Crippen MR) is 69.9 cm³/mol. The number of carbonyl (C=O) groups excluding carboxylic acids is 1. The highest BCUT2D eigenvalue weighted by atomic mass is 16.1. The second kappa shape index (κ2) is 4.18. The highest BCUT2D eigenvalue weighted by molar-refractivity contribution is 6.04. The SMILES string of the molecule is Cc1cc(NC(=O)c2ccc3c(c2)CCN3)n[nH]1. The van der Waals surface area contributed by atoms with Crippen LogP contribution in [0.3, 0.4) is 0 Å². The molecule has 0 saturated heterocycles. The monoisotopic (exact) mass is 242 g/mol. The van der Waals surface area contributed by atoms with E-state index in [9.17, 15) is 4.79 Å². The second-order valence-electron chi connectivity index (χ2n) is 4.44. The van der Waals surface area contributed by atoms with Crippen molar-refractivity contribution < 1.29 is 4.79 Å². The lowest BCUT2D eigenvalue weighted by Gasteiger charge is -2.04. The molecule has 5 nitrogen and oxygen atoms in total. The Balaban J connectivity index is 1.80. The Kier molecular flexibility index (Phi) is 2.51. The van der Waals surface area contributed by atoms with Crippen LogP contribution >= 0.6 is 0 Å². The van der Waals surface area contributed by atoms with Gasteiger partial charge in [-0.15, -0.1) is 0 Å². The van der Waals surface area contributed by atoms with Crippen LogP contribution in [0, 0.1) is 6.92 Å². The van der Waals surface area contributed by atoms with E-state index in [1.165, 1.54) is 5.56 Å². The van der Waals surface area contributed by atoms with Gasteiger partial charge in [-0.2, -0.15) is 5.10 Å². The number of hydrogen-bond acceptors (Lipinski definition) is 3. The van der Waals surface area contributed by atoms with Gasteiger partial charge in [0, 0.05) is 29.6 Å². The third kappa shape index (κ3) is 1.95.